The van der Waals surface area contributed by atoms with E-state index in [1.54, 1.807) is 4.40 Å². The lowest BCUT2D eigenvalue weighted by atomic mass is 10.0. The van der Waals surface area contributed by atoms with E-state index in [1.165, 1.54) is 11.3 Å². The van der Waals surface area contributed by atoms with Crippen LogP contribution in [0.15, 0.2) is 83.8 Å². The van der Waals surface area contributed by atoms with Gasteiger partial charge in [-0.3, -0.25) is 4.79 Å². The summed E-state index contributed by atoms with van der Waals surface area (Å²) in [5.41, 5.74) is 6.20. The van der Waals surface area contributed by atoms with Gasteiger partial charge in [0, 0.05) is 17.3 Å². The predicted molar refractivity (Wildman–Crippen MR) is 141 cm³/mol. The van der Waals surface area contributed by atoms with Crippen LogP contribution in [0.5, 0.6) is 5.75 Å². The number of hydrogen-bond donors (Lipinski definition) is 0. The molecule has 0 N–H and O–H groups in total. The molecule has 0 spiro atoms. The molecule has 0 radical (unpaired) electrons. The van der Waals surface area contributed by atoms with E-state index in [9.17, 15) is 4.79 Å². The monoisotopic (exact) mass is 478 g/mol. The first kappa shape index (κ1) is 21.3. The van der Waals surface area contributed by atoms with Gasteiger partial charge in [0.15, 0.2) is 4.96 Å². The first-order chi connectivity index (χ1) is 17.1. The van der Waals surface area contributed by atoms with Crippen LogP contribution in [-0.2, 0) is 0 Å². The molecule has 0 amide bonds. The second-order valence-electron chi connectivity index (χ2n) is 8.26. The normalized spacial score (nSPS) is 12.1. The van der Waals surface area contributed by atoms with Gasteiger partial charge in [0.1, 0.15) is 11.4 Å². The molecule has 172 valence electrons. The van der Waals surface area contributed by atoms with Gasteiger partial charge in [-0.25, -0.2) is 14.1 Å². The van der Waals surface area contributed by atoms with Crippen molar-refractivity contribution in [2.75, 3.05) is 6.61 Å². The number of hydrogen-bond acceptors (Lipinski definition) is 5. The Morgan fingerprint density at radius 3 is 2.63 bits per heavy atom. The summed E-state index contributed by atoms with van der Waals surface area (Å²) in [7, 11) is 0. The Bertz CT molecular complexity index is 1800. The number of rotatable bonds is 5. The van der Waals surface area contributed by atoms with Crippen molar-refractivity contribution in [1.29, 1.82) is 0 Å². The fourth-order valence-electron chi connectivity index (χ4n) is 4.30. The summed E-state index contributed by atoms with van der Waals surface area (Å²) in [6.07, 6.45) is 3.89. The Labute approximate surface area is 205 Å². The van der Waals surface area contributed by atoms with Crippen LogP contribution in [0.2, 0.25) is 0 Å². The molecule has 0 aliphatic rings. The van der Waals surface area contributed by atoms with Crippen molar-refractivity contribution >= 4 is 33.4 Å². The number of aromatic nitrogens is 4. The Balaban J connectivity index is 1.55. The highest BCUT2D eigenvalue weighted by molar-refractivity contribution is 7.15. The Kier molecular flexibility index (Phi) is 5.19. The zero-order valence-corrected chi connectivity index (χ0v) is 20.1. The molecule has 0 saturated heterocycles. The number of nitrogens with zero attached hydrogens (tertiary/aromatic N) is 4. The Morgan fingerprint density at radius 1 is 1.03 bits per heavy atom. The summed E-state index contributed by atoms with van der Waals surface area (Å²) in [6, 6.07) is 23.7. The fourth-order valence-corrected chi connectivity index (χ4v) is 5.28. The van der Waals surface area contributed by atoms with E-state index in [2.05, 4.69) is 11.1 Å². The van der Waals surface area contributed by atoms with Crippen LogP contribution >= 0.6 is 11.3 Å². The summed E-state index contributed by atoms with van der Waals surface area (Å²) < 4.78 is 9.88. The van der Waals surface area contributed by atoms with E-state index in [0.717, 1.165) is 44.9 Å². The first-order valence-corrected chi connectivity index (χ1v) is 12.2. The SMILES string of the molecule is CCOc1ccc(-c2nn(-c3ccccc3)cc2C=c2sc3nc4ccccc4n3c2=O)cc1C. The Hall–Kier alpha value is -4.23. The van der Waals surface area contributed by atoms with Gasteiger partial charge in [-0.2, -0.15) is 5.10 Å². The Morgan fingerprint density at radius 2 is 1.83 bits per heavy atom. The fraction of sp³-hybridized carbons (Fsp3) is 0.107. The van der Waals surface area contributed by atoms with Gasteiger partial charge in [-0.1, -0.05) is 41.7 Å². The highest BCUT2D eigenvalue weighted by Gasteiger charge is 2.15. The van der Waals surface area contributed by atoms with Gasteiger partial charge in [0.2, 0.25) is 0 Å². The molecular formula is C28H22N4O2S. The molecule has 0 aliphatic heterocycles. The van der Waals surface area contributed by atoms with Gasteiger partial charge in [-0.15, -0.1) is 0 Å². The van der Waals surface area contributed by atoms with Crippen molar-refractivity contribution in [3.05, 3.63) is 105 Å². The summed E-state index contributed by atoms with van der Waals surface area (Å²) >= 11 is 1.39. The van der Waals surface area contributed by atoms with Crippen LogP contribution in [0, 0.1) is 6.92 Å². The zero-order chi connectivity index (χ0) is 23.9. The molecule has 0 fully saturated rings. The molecule has 3 aromatic heterocycles. The van der Waals surface area contributed by atoms with Gasteiger partial charge in [-0.05, 0) is 68.0 Å². The van der Waals surface area contributed by atoms with E-state index in [-0.39, 0.29) is 5.56 Å². The standard InChI is InChI=1S/C28H22N4O2S/c1-3-34-24-14-13-19(15-18(24)2)26-20(17-31(30-26)21-9-5-4-6-10-21)16-25-27(33)32-23-12-8-7-11-22(23)29-28(32)35-25/h4-17H,3H2,1-2H3. The number of imidazole rings is 1. The average molecular weight is 479 g/mol. The second-order valence-corrected chi connectivity index (χ2v) is 9.27. The molecule has 7 heteroatoms. The van der Waals surface area contributed by atoms with E-state index in [0.29, 0.717) is 16.1 Å². The third-order valence-electron chi connectivity index (χ3n) is 5.94. The lowest BCUT2D eigenvalue weighted by molar-refractivity contribution is 0.338. The minimum Gasteiger partial charge on any atom is -0.494 e. The largest absolute Gasteiger partial charge is 0.494 e. The number of ether oxygens (including phenoxy) is 1. The molecule has 3 heterocycles. The van der Waals surface area contributed by atoms with Crippen LogP contribution in [0.1, 0.15) is 18.1 Å². The van der Waals surface area contributed by atoms with Gasteiger partial charge < -0.3 is 4.74 Å². The number of para-hydroxylation sites is 3. The quantitative estimate of drug-likeness (QED) is 0.349. The smallest absolute Gasteiger partial charge is 0.274 e. The maximum absolute atomic E-state index is 13.4. The number of thiazole rings is 1. The number of fused-ring (bicyclic) bond motifs is 3. The minimum atomic E-state index is -0.0695. The molecule has 35 heavy (non-hydrogen) atoms. The molecule has 6 nitrogen and oxygen atoms in total. The first-order valence-electron chi connectivity index (χ1n) is 11.4. The molecule has 0 atom stereocenters. The lowest BCUT2D eigenvalue weighted by Gasteiger charge is -2.08. The van der Waals surface area contributed by atoms with Crippen LogP contribution in [0.4, 0.5) is 0 Å². The summed E-state index contributed by atoms with van der Waals surface area (Å²) in [6.45, 7) is 4.62. The summed E-state index contributed by atoms with van der Waals surface area (Å²) in [4.78, 5) is 18.7. The topological polar surface area (TPSA) is 61.4 Å². The van der Waals surface area contributed by atoms with Crippen molar-refractivity contribution in [2.45, 2.75) is 13.8 Å². The highest BCUT2D eigenvalue weighted by atomic mass is 32.1. The van der Waals surface area contributed by atoms with Crippen LogP contribution in [0.3, 0.4) is 0 Å². The van der Waals surface area contributed by atoms with Crippen molar-refractivity contribution < 1.29 is 4.74 Å². The molecule has 3 aromatic carbocycles. The van der Waals surface area contributed by atoms with Crippen molar-refractivity contribution in [2.24, 2.45) is 0 Å². The maximum Gasteiger partial charge on any atom is 0.274 e. The van der Waals surface area contributed by atoms with Crippen molar-refractivity contribution in [1.82, 2.24) is 19.2 Å². The minimum absolute atomic E-state index is 0.0695. The average Bonchev–Trinajstić information content (AvgIpc) is 3.54. The number of aryl methyl sites for hydroxylation is 1. The molecule has 6 rings (SSSR count). The molecule has 0 bridgehead atoms. The van der Waals surface area contributed by atoms with Crippen LogP contribution < -0.4 is 14.8 Å². The van der Waals surface area contributed by atoms with Crippen molar-refractivity contribution in [3.8, 4) is 22.7 Å². The zero-order valence-electron chi connectivity index (χ0n) is 19.3. The van der Waals surface area contributed by atoms with E-state index in [1.807, 2.05) is 97.5 Å². The molecular weight excluding hydrogens is 456 g/mol. The van der Waals surface area contributed by atoms with E-state index >= 15 is 0 Å². The molecule has 0 unspecified atom stereocenters. The van der Waals surface area contributed by atoms with Gasteiger partial charge in [0.25, 0.3) is 5.56 Å². The lowest BCUT2D eigenvalue weighted by Crippen LogP contribution is -2.22. The third-order valence-corrected chi connectivity index (χ3v) is 6.91. The third kappa shape index (κ3) is 3.70. The highest BCUT2D eigenvalue weighted by Crippen LogP contribution is 2.29. The van der Waals surface area contributed by atoms with Crippen LogP contribution in [0.25, 0.3) is 39.0 Å². The van der Waals surface area contributed by atoms with E-state index in [4.69, 9.17) is 9.84 Å². The molecule has 0 saturated carbocycles. The van der Waals surface area contributed by atoms with Crippen molar-refractivity contribution in [3.63, 3.8) is 0 Å². The second kappa shape index (κ2) is 8.52. The number of benzene rings is 3. The maximum atomic E-state index is 13.4. The predicted octanol–water partition coefficient (Wildman–Crippen LogP) is 5.02. The van der Waals surface area contributed by atoms with Crippen LogP contribution in [-0.4, -0.2) is 25.8 Å². The van der Waals surface area contributed by atoms with E-state index < -0.39 is 0 Å². The molecule has 6 aromatic rings. The summed E-state index contributed by atoms with van der Waals surface area (Å²) in [5, 5.41) is 4.91. The molecule has 0 aliphatic carbocycles. The summed E-state index contributed by atoms with van der Waals surface area (Å²) in [5.74, 6) is 0.859. The van der Waals surface area contributed by atoms with Gasteiger partial charge in [0.05, 0.1) is 27.9 Å². The van der Waals surface area contributed by atoms with Gasteiger partial charge >= 0.3 is 0 Å².